The fourth-order valence-corrected chi connectivity index (χ4v) is 1.90. The molecule has 2 atom stereocenters. The van der Waals surface area contributed by atoms with Gasteiger partial charge in [0.2, 0.25) is 5.91 Å². The van der Waals surface area contributed by atoms with Crippen molar-refractivity contribution in [3.8, 4) is 0 Å². The molecule has 2 unspecified atom stereocenters. The highest BCUT2D eigenvalue weighted by atomic mass is 19.1. The van der Waals surface area contributed by atoms with Crippen molar-refractivity contribution in [3.05, 3.63) is 35.6 Å². The molecule has 1 aliphatic rings. The summed E-state index contributed by atoms with van der Waals surface area (Å²) in [6.45, 7) is 0.609. The molecule has 2 rings (SSSR count). The summed E-state index contributed by atoms with van der Waals surface area (Å²) >= 11 is 0. The van der Waals surface area contributed by atoms with Crippen LogP contribution >= 0.6 is 0 Å². The first-order valence-corrected chi connectivity index (χ1v) is 4.95. The summed E-state index contributed by atoms with van der Waals surface area (Å²) in [6, 6.07) is 6.43. The number of hydrogen-bond acceptors (Lipinski definition) is 2. The Labute approximate surface area is 87.5 Å². The minimum Gasteiger partial charge on any atom is -0.369 e. The first-order chi connectivity index (χ1) is 7.16. The molecular weight excluding hydrogens is 195 g/mol. The molecule has 3 nitrogen and oxygen atoms in total. The van der Waals surface area contributed by atoms with Crippen LogP contribution in [0.25, 0.3) is 0 Å². The van der Waals surface area contributed by atoms with Gasteiger partial charge in [-0.05, 0) is 24.1 Å². The van der Waals surface area contributed by atoms with Crippen LogP contribution in [0.15, 0.2) is 24.3 Å². The Morgan fingerprint density at radius 3 is 2.60 bits per heavy atom. The number of carbonyl (C=O) groups is 1. The van der Waals surface area contributed by atoms with Crippen LogP contribution < -0.4 is 11.1 Å². The van der Waals surface area contributed by atoms with E-state index in [4.69, 9.17) is 5.73 Å². The molecule has 0 aromatic heterocycles. The molecule has 1 aliphatic heterocycles. The SMILES string of the molecule is NC(=O)C1CNC(c2ccc(F)cc2)C1. The summed E-state index contributed by atoms with van der Waals surface area (Å²) in [5, 5.41) is 3.20. The zero-order valence-corrected chi connectivity index (χ0v) is 8.24. The van der Waals surface area contributed by atoms with Gasteiger partial charge in [-0.1, -0.05) is 12.1 Å². The maximum absolute atomic E-state index is 12.7. The first-order valence-electron chi connectivity index (χ1n) is 4.95. The highest BCUT2D eigenvalue weighted by Gasteiger charge is 2.28. The molecule has 0 spiro atoms. The van der Waals surface area contributed by atoms with Crippen LogP contribution in [-0.2, 0) is 4.79 Å². The van der Waals surface area contributed by atoms with Crippen molar-refractivity contribution >= 4 is 5.91 Å². The Morgan fingerprint density at radius 2 is 2.07 bits per heavy atom. The van der Waals surface area contributed by atoms with Crippen molar-refractivity contribution in [2.45, 2.75) is 12.5 Å². The highest BCUT2D eigenvalue weighted by molar-refractivity contribution is 5.77. The predicted octanol–water partition coefficient (Wildman–Crippen LogP) is 0.962. The number of amides is 1. The minimum absolute atomic E-state index is 0.111. The van der Waals surface area contributed by atoms with Gasteiger partial charge < -0.3 is 11.1 Å². The van der Waals surface area contributed by atoms with Crippen molar-refractivity contribution in [2.75, 3.05) is 6.54 Å². The van der Waals surface area contributed by atoms with Crippen LogP contribution in [0.2, 0.25) is 0 Å². The van der Waals surface area contributed by atoms with Crippen LogP contribution in [0.5, 0.6) is 0 Å². The van der Waals surface area contributed by atoms with Gasteiger partial charge in [-0.25, -0.2) is 4.39 Å². The number of hydrogen-bond donors (Lipinski definition) is 2. The lowest BCUT2D eigenvalue weighted by Crippen LogP contribution is -2.24. The Morgan fingerprint density at radius 1 is 1.40 bits per heavy atom. The normalized spacial score (nSPS) is 25.4. The standard InChI is InChI=1S/C11H13FN2O/c12-9-3-1-7(2-4-9)10-5-8(6-14-10)11(13)15/h1-4,8,10,14H,5-6H2,(H2,13,15). The number of benzene rings is 1. The van der Waals surface area contributed by atoms with Crippen molar-refractivity contribution in [1.82, 2.24) is 5.32 Å². The van der Waals surface area contributed by atoms with E-state index in [1.165, 1.54) is 12.1 Å². The lowest BCUT2D eigenvalue weighted by Gasteiger charge is -2.09. The molecule has 0 aliphatic carbocycles. The van der Waals surface area contributed by atoms with E-state index in [1.807, 2.05) is 0 Å². The van der Waals surface area contributed by atoms with Crippen molar-refractivity contribution < 1.29 is 9.18 Å². The molecule has 1 saturated heterocycles. The number of nitrogens with one attached hydrogen (secondary N) is 1. The first kappa shape index (κ1) is 10.1. The van der Waals surface area contributed by atoms with Crippen molar-refractivity contribution in [2.24, 2.45) is 11.7 Å². The molecule has 4 heteroatoms. The van der Waals surface area contributed by atoms with E-state index in [1.54, 1.807) is 12.1 Å². The number of rotatable bonds is 2. The van der Waals surface area contributed by atoms with Crippen LogP contribution in [0.3, 0.4) is 0 Å². The van der Waals surface area contributed by atoms with Crippen molar-refractivity contribution in [3.63, 3.8) is 0 Å². The Kier molecular flexibility index (Phi) is 2.68. The summed E-state index contributed by atoms with van der Waals surface area (Å²) in [5.41, 5.74) is 6.22. The molecule has 3 N–H and O–H groups in total. The summed E-state index contributed by atoms with van der Waals surface area (Å²) in [6.07, 6.45) is 0.695. The molecule has 1 fully saturated rings. The van der Waals surface area contributed by atoms with Crippen LogP contribution in [0.1, 0.15) is 18.0 Å². The lowest BCUT2D eigenvalue weighted by atomic mass is 10.00. The van der Waals surface area contributed by atoms with Gasteiger partial charge in [0.15, 0.2) is 0 Å². The third kappa shape index (κ3) is 2.15. The second-order valence-corrected chi connectivity index (χ2v) is 3.85. The van der Waals surface area contributed by atoms with Crippen molar-refractivity contribution in [1.29, 1.82) is 0 Å². The van der Waals surface area contributed by atoms with Gasteiger partial charge in [0.1, 0.15) is 5.82 Å². The summed E-state index contributed by atoms with van der Waals surface area (Å²) in [4.78, 5) is 11.0. The van der Waals surface area contributed by atoms with Crippen LogP contribution in [0.4, 0.5) is 4.39 Å². The Balaban J connectivity index is 2.07. The molecule has 1 amide bonds. The van der Waals surface area contributed by atoms with E-state index in [-0.39, 0.29) is 23.7 Å². The molecule has 0 saturated carbocycles. The molecular formula is C11H13FN2O. The van der Waals surface area contributed by atoms with E-state index < -0.39 is 0 Å². The highest BCUT2D eigenvalue weighted by Crippen LogP contribution is 2.26. The topological polar surface area (TPSA) is 55.1 Å². The summed E-state index contributed by atoms with van der Waals surface area (Å²) in [7, 11) is 0. The molecule has 1 heterocycles. The van der Waals surface area contributed by atoms with E-state index in [0.717, 1.165) is 5.56 Å². The van der Waals surface area contributed by atoms with E-state index in [2.05, 4.69) is 5.32 Å². The zero-order valence-electron chi connectivity index (χ0n) is 8.24. The van der Waals surface area contributed by atoms with Gasteiger partial charge in [-0.3, -0.25) is 4.79 Å². The quantitative estimate of drug-likeness (QED) is 0.760. The Hall–Kier alpha value is -1.42. The fourth-order valence-electron chi connectivity index (χ4n) is 1.90. The van der Waals surface area contributed by atoms with Gasteiger partial charge in [0, 0.05) is 12.6 Å². The average molecular weight is 208 g/mol. The lowest BCUT2D eigenvalue weighted by molar-refractivity contribution is -0.121. The summed E-state index contributed by atoms with van der Waals surface area (Å²) < 4.78 is 12.7. The van der Waals surface area contributed by atoms with E-state index in [9.17, 15) is 9.18 Å². The number of primary amides is 1. The second-order valence-electron chi connectivity index (χ2n) is 3.85. The number of nitrogens with two attached hydrogens (primary N) is 1. The molecule has 80 valence electrons. The Bertz CT molecular complexity index is 363. The average Bonchev–Trinajstić information content (AvgIpc) is 2.68. The molecule has 15 heavy (non-hydrogen) atoms. The maximum atomic E-state index is 12.7. The molecule has 0 bridgehead atoms. The van der Waals surface area contributed by atoms with Gasteiger partial charge in [-0.15, -0.1) is 0 Å². The fraction of sp³-hybridized carbons (Fsp3) is 0.364. The molecule has 0 radical (unpaired) electrons. The zero-order chi connectivity index (χ0) is 10.8. The van der Waals surface area contributed by atoms with Gasteiger partial charge in [0.25, 0.3) is 0 Å². The van der Waals surface area contributed by atoms with Crippen LogP contribution in [0, 0.1) is 11.7 Å². The third-order valence-corrected chi connectivity index (χ3v) is 2.81. The number of halogens is 1. The van der Waals surface area contributed by atoms with Crippen LogP contribution in [-0.4, -0.2) is 12.5 Å². The molecule has 1 aromatic rings. The second kappa shape index (κ2) is 3.98. The van der Waals surface area contributed by atoms with E-state index in [0.29, 0.717) is 13.0 Å². The number of carbonyl (C=O) groups excluding carboxylic acids is 1. The minimum atomic E-state index is -0.271. The van der Waals surface area contributed by atoms with E-state index >= 15 is 0 Å². The van der Waals surface area contributed by atoms with Gasteiger partial charge in [-0.2, -0.15) is 0 Å². The predicted molar refractivity (Wildman–Crippen MR) is 54.4 cm³/mol. The third-order valence-electron chi connectivity index (χ3n) is 2.81. The van der Waals surface area contributed by atoms with Gasteiger partial charge in [0.05, 0.1) is 5.92 Å². The summed E-state index contributed by atoms with van der Waals surface area (Å²) in [5.74, 6) is -0.629. The smallest absolute Gasteiger partial charge is 0.221 e. The monoisotopic (exact) mass is 208 g/mol. The largest absolute Gasteiger partial charge is 0.369 e. The maximum Gasteiger partial charge on any atom is 0.221 e. The molecule has 1 aromatic carbocycles. The van der Waals surface area contributed by atoms with Gasteiger partial charge >= 0.3 is 0 Å².